The van der Waals surface area contributed by atoms with Crippen molar-refractivity contribution < 1.29 is 10.2 Å². The molecule has 84 valence electrons. The molecular formula is C12H19NO2. The molecule has 1 aromatic rings. The van der Waals surface area contributed by atoms with Crippen molar-refractivity contribution in [1.82, 2.24) is 0 Å². The highest BCUT2D eigenvalue weighted by Crippen LogP contribution is 2.17. The van der Waals surface area contributed by atoms with Crippen LogP contribution in [-0.2, 0) is 0 Å². The predicted molar refractivity (Wildman–Crippen MR) is 62.3 cm³/mol. The van der Waals surface area contributed by atoms with E-state index in [0.29, 0.717) is 6.54 Å². The third-order valence-electron chi connectivity index (χ3n) is 2.63. The summed E-state index contributed by atoms with van der Waals surface area (Å²) in [6, 6.07) is 6.17. The van der Waals surface area contributed by atoms with Crippen molar-refractivity contribution in [1.29, 1.82) is 0 Å². The molecular weight excluding hydrogens is 190 g/mol. The number of aliphatic hydroxyl groups is 2. The number of aryl methyl sites for hydroxylation is 2. The van der Waals surface area contributed by atoms with E-state index in [0.717, 1.165) is 5.69 Å². The van der Waals surface area contributed by atoms with Gasteiger partial charge in [-0.3, -0.25) is 0 Å². The molecule has 0 radical (unpaired) electrons. The molecule has 0 aliphatic heterocycles. The van der Waals surface area contributed by atoms with Gasteiger partial charge < -0.3 is 15.1 Å². The summed E-state index contributed by atoms with van der Waals surface area (Å²) in [5, 5.41) is 18.1. The molecule has 0 aromatic heterocycles. The van der Waals surface area contributed by atoms with E-state index in [4.69, 9.17) is 5.11 Å². The van der Waals surface area contributed by atoms with Gasteiger partial charge in [-0.1, -0.05) is 6.07 Å². The van der Waals surface area contributed by atoms with Crippen molar-refractivity contribution in [2.75, 3.05) is 25.1 Å². The second-order valence-electron chi connectivity index (χ2n) is 3.99. The molecule has 1 rings (SSSR count). The Labute approximate surface area is 91.0 Å². The molecule has 0 fully saturated rings. The fourth-order valence-electron chi connectivity index (χ4n) is 1.44. The molecule has 1 unspecified atom stereocenters. The summed E-state index contributed by atoms with van der Waals surface area (Å²) in [7, 11) is 1.91. The Kier molecular flexibility index (Phi) is 4.12. The summed E-state index contributed by atoms with van der Waals surface area (Å²) in [6.45, 7) is 4.38. The van der Waals surface area contributed by atoms with E-state index in [1.54, 1.807) is 0 Å². The maximum absolute atomic E-state index is 9.32. The number of nitrogens with zero attached hydrogens (tertiary/aromatic N) is 1. The zero-order valence-electron chi connectivity index (χ0n) is 9.57. The van der Waals surface area contributed by atoms with Crippen LogP contribution in [0.3, 0.4) is 0 Å². The summed E-state index contributed by atoms with van der Waals surface area (Å²) < 4.78 is 0. The normalized spacial score (nSPS) is 12.6. The highest BCUT2D eigenvalue weighted by atomic mass is 16.3. The van der Waals surface area contributed by atoms with Crippen LogP contribution in [0.4, 0.5) is 5.69 Å². The van der Waals surface area contributed by atoms with Gasteiger partial charge in [0.05, 0.1) is 12.7 Å². The molecule has 3 nitrogen and oxygen atoms in total. The predicted octanol–water partition coefficient (Wildman–Crippen LogP) is 1.09. The molecule has 0 aliphatic rings. The second-order valence-corrected chi connectivity index (χ2v) is 3.99. The van der Waals surface area contributed by atoms with Crippen LogP contribution in [0.15, 0.2) is 18.2 Å². The van der Waals surface area contributed by atoms with E-state index in [1.165, 1.54) is 11.1 Å². The smallest absolute Gasteiger partial charge is 0.0945 e. The van der Waals surface area contributed by atoms with E-state index in [2.05, 4.69) is 26.0 Å². The van der Waals surface area contributed by atoms with Crippen LogP contribution in [0.2, 0.25) is 0 Å². The molecule has 1 atom stereocenters. The van der Waals surface area contributed by atoms with Gasteiger partial charge in [0, 0.05) is 19.3 Å². The highest BCUT2D eigenvalue weighted by molar-refractivity contribution is 5.50. The lowest BCUT2D eigenvalue weighted by Crippen LogP contribution is -2.31. The minimum atomic E-state index is -0.684. The molecule has 0 spiro atoms. The Balaban J connectivity index is 2.73. The third kappa shape index (κ3) is 3.22. The lowest BCUT2D eigenvalue weighted by molar-refractivity contribution is 0.101. The standard InChI is InChI=1S/C12H19NO2/c1-9-4-5-11(6-10(9)2)13(3)7-12(15)8-14/h4-6,12,14-15H,7-8H2,1-3H3. The zero-order chi connectivity index (χ0) is 11.4. The van der Waals surface area contributed by atoms with Gasteiger partial charge in [0.1, 0.15) is 0 Å². The van der Waals surface area contributed by atoms with Crippen LogP contribution in [0, 0.1) is 13.8 Å². The average Bonchev–Trinajstić information content (AvgIpc) is 2.21. The number of likely N-dealkylation sites (N-methyl/N-ethyl adjacent to an activating group) is 1. The highest BCUT2D eigenvalue weighted by Gasteiger charge is 2.07. The van der Waals surface area contributed by atoms with Crippen molar-refractivity contribution in [3.8, 4) is 0 Å². The molecule has 0 bridgehead atoms. The molecule has 0 saturated carbocycles. The third-order valence-corrected chi connectivity index (χ3v) is 2.63. The Hall–Kier alpha value is -1.06. The second kappa shape index (κ2) is 5.14. The van der Waals surface area contributed by atoms with Crippen molar-refractivity contribution in [2.24, 2.45) is 0 Å². The summed E-state index contributed by atoms with van der Waals surface area (Å²) in [5.41, 5.74) is 3.55. The van der Waals surface area contributed by atoms with E-state index in [-0.39, 0.29) is 6.61 Å². The maximum Gasteiger partial charge on any atom is 0.0945 e. The van der Waals surface area contributed by atoms with Gasteiger partial charge in [0.15, 0.2) is 0 Å². The fourth-order valence-corrected chi connectivity index (χ4v) is 1.44. The minimum Gasteiger partial charge on any atom is -0.394 e. The fraction of sp³-hybridized carbons (Fsp3) is 0.500. The van der Waals surface area contributed by atoms with Crippen LogP contribution in [0.1, 0.15) is 11.1 Å². The van der Waals surface area contributed by atoms with Crippen LogP contribution >= 0.6 is 0 Å². The topological polar surface area (TPSA) is 43.7 Å². The number of anilines is 1. The average molecular weight is 209 g/mol. The molecule has 0 aliphatic carbocycles. The van der Waals surface area contributed by atoms with Gasteiger partial charge in [-0.2, -0.15) is 0 Å². The Morgan fingerprint density at radius 1 is 1.27 bits per heavy atom. The van der Waals surface area contributed by atoms with E-state index < -0.39 is 6.10 Å². The maximum atomic E-state index is 9.32. The molecule has 2 N–H and O–H groups in total. The molecule has 0 heterocycles. The first-order valence-corrected chi connectivity index (χ1v) is 5.12. The zero-order valence-corrected chi connectivity index (χ0v) is 9.57. The summed E-state index contributed by atoms with van der Waals surface area (Å²) >= 11 is 0. The summed E-state index contributed by atoms with van der Waals surface area (Å²) in [6.07, 6.45) is -0.684. The molecule has 1 aromatic carbocycles. The van der Waals surface area contributed by atoms with Gasteiger partial charge in [-0.15, -0.1) is 0 Å². The SMILES string of the molecule is Cc1ccc(N(C)CC(O)CO)cc1C. The van der Waals surface area contributed by atoms with E-state index in [1.807, 2.05) is 18.0 Å². The quantitative estimate of drug-likeness (QED) is 0.780. The molecule has 0 amide bonds. The van der Waals surface area contributed by atoms with Crippen LogP contribution in [0.5, 0.6) is 0 Å². The summed E-state index contributed by atoms with van der Waals surface area (Å²) in [4.78, 5) is 1.94. The number of hydrogen-bond acceptors (Lipinski definition) is 3. The first-order valence-electron chi connectivity index (χ1n) is 5.12. The lowest BCUT2D eigenvalue weighted by Gasteiger charge is -2.22. The van der Waals surface area contributed by atoms with E-state index in [9.17, 15) is 5.11 Å². The minimum absolute atomic E-state index is 0.199. The monoisotopic (exact) mass is 209 g/mol. The van der Waals surface area contributed by atoms with Crippen LogP contribution in [-0.4, -0.2) is 36.5 Å². The first kappa shape index (κ1) is 12.0. The molecule has 15 heavy (non-hydrogen) atoms. The van der Waals surface area contributed by atoms with Crippen molar-refractivity contribution in [2.45, 2.75) is 20.0 Å². The van der Waals surface area contributed by atoms with Gasteiger partial charge >= 0.3 is 0 Å². The van der Waals surface area contributed by atoms with E-state index >= 15 is 0 Å². The van der Waals surface area contributed by atoms with Crippen molar-refractivity contribution >= 4 is 5.69 Å². The summed E-state index contributed by atoms with van der Waals surface area (Å²) in [5.74, 6) is 0. The number of aliphatic hydroxyl groups excluding tert-OH is 2. The van der Waals surface area contributed by atoms with Crippen molar-refractivity contribution in [3.63, 3.8) is 0 Å². The Morgan fingerprint density at radius 2 is 1.93 bits per heavy atom. The van der Waals surface area contributed by atoms with Crippen molar-refractivity contribution in [3.05, 3.63) is 29.3 Å². The lowest BCUT2D eigenvalue weighted by atomic mass is 10.1. The van der Waals surface area contributed by atoms with Gasteiger partial charge in [0.25, 0.3) is 0 Å². The number of rotatable bonds is 4. The Morgan fingerprint density at radius 3 is 2.47 bits per heavy atom. The number of hydrogen-bond donors (Lipinski definition) is 2. The van der Waals surface area contributed by atoms with Gasteiger partial charge in [0.2, 0.25) is 0 Å². The van der Waals surface area contributed by atoms with Crippen LogP contribution < -0.4 is 4.90 Å². The molecule has 0 saturated heterocycles. The molecule has 3 heteroatoms. The van der Waals surface area contributed by atoms with Gasteiger partial charge in [-0.25, -0.2) is 0 Å². The van der Waals surface area contributed by atoms with Gasteiger partial charge in [-0.05, 0) is 37.1 Å². The van der Waals surface area contributed by atoms with Crippen LogP contribution in [0.25, 0.3) is 0 Å². The Bertz CT molecular complexity index is 325. The number of benzene rings is 1. The largest absolute Gasteiger partial charge is 0.394 e. The first-order chi connectivity index (χ1) is 7.04.